The number of ether oxygens (including phenoxy) is 1. The van der Waals surface area contributed by atoms with Crippen LogP contribution in [-0.4, -0.2) is 37.7 Å². The fourth-order valence-electron chi connectivity index (χ4n) is 1.44. The zero-order chi connectivity index (χ0) is 7.56. The topological polar surface area (TPSA) is 12.5 Å². The molecular weight excluding hydrogens is 126 g/mol. The van der Waals surface area contributed by atoms with Gasteiger partial charge in [0.2, 0.25) is 0 Å². The molecule has 0 aromatic heterocycles. The highest BCUT2D eigenvalue weighted by Gasteiger charge is 2.20. The lowest BCUT2D eigenvalue weighted by Gasteiger charge is -2.31. The molecule has 0 bridgehead atoms. The van der Waals surface area contributed by atoms with Gasteiger partial charge in [-0.1, -0.05) is 0 Å². The second-order valence-electron chi connectivity index (χ2n) is 3.32. The summed E-state index contributed by atoms with van der Waals surface area (Å²) in [6, 6.07) is 0.740. The molecule has 0 spiro atoms. The Morgan fingerprint density at radius 3 is 2.50 bits per heavy atom. The summed E-state index contributed by atoms with van der Waals surface area (Å²) in [6.07, 6.45) is 2.84. The molecule has 0 aromatic carbocycles. The van der Waals surface area contributed by atoms with Crippen LogP contribution >= 0.6 is 0 Å². The van der Waals surface area contributed by atoms with Crippen LogP contribution in [0.5, 0.6) is 0 Å². The molecule has 1 aliphatic heterocycles. The largest absolute Gasteiger partial charge is 0.378 e. The number of hydrogen-bond acceptors (Lipinski definition) is 2. The summed E-state index contributed by atoms with van der Waals surface area (Å²) in [6.45, 7) is 3.08. The molecule has 10 heavy (non-hydrogen) atoms. The summed E-state index contributed by atoms with van der Waals surface area (Å²) in [7, 11) is 4.28. The number of rotatable bonds is 1. The fourth-order valence-corrected chi connectivity index (χ4v) is 1.44. The molecule has 60 valence electrons. The van der Waals surface area contributed by atoms with Crippen molar-refractivity contribution >= 4 is 0 Å². The van der Waals surface area contributed by atoms with Gasteiger partial charge in [-0.05, 0) is 33.9 Å². The molecule has 0 aliphatic carbocycles. The number of nitrogens with zero attached hydrogens (tertiary/aromatic N) is 1. The molecule has 2 heteroatoms. The maximum Gasteiger partial charge on any atom is 0.0561 e. The van der Waals surface area contributed by atoms with E-state index >= 15 is 0 Å². The molecule has 1 saturated heterocycles. The standard InChI is InChI=1S/C8H17NO/c1-7-6-8(9(2)3)4-5-10-7/h7-8H,4-6H2,1-3H3/t7?,8-/m1/s1. The van der Waals surface area contributed by atoms with Crippen molar-refractivity contribution in [2.45, 2.75) is 31.9 Å². The predicted molar refractivity (Wildman–Crippen MR) is 42.1 cm³/mol. The normalized spacial score (nSPS) is 34.8. The smallest absolute Gasteiger partial charge is 0.0561 e. The van der Waals surface area contributed by atoms with Crippen molar-refractivity contribution in [3.63, 3.8) is 0 Å². The minimum Gasteiger partial charge on any atom is -0.378 e. The van der Waals surface area contributed by atoms with Crippen molar-refractivity contribution in [3.05, 3.63) is 0 Å². The summed E-state index contributed by atoms with van der Waals surface area (Å²) in [5.74, 6) is 0. The molecule has 0 N–H and O–H groups in total. The summed E-state index contributed by atoms with van der Waals surface area (Å²) in [5.41, 5.74) is 0. The van der Waals surface area contributed by atoms with Gasteiger partial charge in [0.1, 0.15) is 0 Å². The highest BCUT2D eigenvalue weighted by Crippen LogP contribution is 2.16. The third-order valence-corrected chi connectivity index (χ3v) is 2.19. The lowest BCUT2D eigenvalue weighted by atomic mass is 10.0. The van der Waals surface area contributed by atoms with Gasteiger partial charge >= 0.3 is 0 Å². The van der Waals surface area contributed by atoms with Crippen LogP contribution in [0.25, 0.3) is 0 Å². The molecule has 1 fully saturated rings. The third-order valence-electron chi connectivity index (χ3n) is 2.19. The Balaban J connectivity index is 2.32. The zero-order valence-corrected chi connectivity index (χ0v) is 7.13. The SMILES string of the molecule is CC1C[C@H](N(C)C)CCO1. The van der Waals surface area contributed by atoms with Crippen molar-refractivity contribution in [1.29, 1.82) is 0 Å². The van der Waals surface area contributed by atoms with Crippen LogP contribution in [0.15, 0.2) is 0 Å². The summed E-state index contributed by atoms with van der Waals surface area (Å²) < 4.78 is 5.43. The van der Waals surface area contributed by atoms with E-state index in [1.54, 1.807) is 0 Å². The Bertz CT molecular complexity index is 103. The predicted octanol–water partition coefficient (Wildman–Crippen LogP) is 1.12. The van der Waals surface area contributed by atoms with Gasteiger partial charge in [-0.3, -0.25) is 0 Å². The van der Waals surface area contributed by atoms with Gasteiger partial charge in [-0.15, -0.1) is 0 Å². The van der Waals surface area contributed by atoms with E-state index in [1.807, 2.05) is 0 Å². The van der Waals surface area contributed by atoms with E-state index in [9.17, 15) is 0 Å². The van der Waals surface area contributed by atoms with Gasteiger partial charge in [0.15, 0.2) is 0 Å². The maximum absolute atomic E-state index is 5.43. The average Bonchev–Trinajstić information content (AvgIpc) is 1.88. The first-order chi connectivity index (χ1) is 4.70. The van der Waals surface area contributed by atoms with E-state index in [0.717, 1.165) is 12.6 Å². The second-order valence-corrected chi connectivity index (χ2v) is 3.32. The molecule has 2 atom stereocenters. The molecule has 1 rings (SSSR count). The molecule has 2 nitrogen and oxygen atoms in total. The monoisotopic (exact) mass is 143 g/mol. The Morgan fingerprint density at radius 2 is 2.10 bits per heavy atom. The van der Waals surface area contributed by atoms with Crippen LogP contribution in [0, 0.1) is 0 Å². The summed E-state index contributed by atoms with van der Waals surface area (Å²) >= 11 is 0. The van der Waals surface area contributed by atoms with E-state index in [2.05, 4.69) is 25.9 Å². The maximum atomic E-state index is 5.43. The van der Waals surface area contributed by atoms with Crippen molar-refractivity contribution in [2.75, 3.05) is 20.7 Å². The molecular formula is C8H17NO. The lowest BCUT2D eigenvalue weighted by Crippen LogP contribution is -2.37. The lowest BCUT2D eigenvalue weighted by molar-refractivity contribution is -0.00673. The third kappa shape index (κ3) is 1.96. The molecule has 0 saturated carbocycles. The van der Waals surface area contributed by atoms with Crippen molar-refractivity contribution in [3.8, 4) is 0 Å². The number of hydrogen-bond donors (Lipinski definition) is 0. The van der Waals surface area contributed by atoms with Gasteiger partial charge in [0.25, 0.3) is 0 Å². The van der Waals surface area contributed by atoms with E-state index in [1.165, 1.54) is 12.8 Å². The second kappa shape index (κ2) is 3.35. The van der Waals surface area contributed by atoms with Crippen LogP contribution in [0.4, 0.5) is 0 Å². The van der Waals surface area contributed by atoms with Crippen molar-refractivity contribution < 1.29 is 4.74 Å². The van der Waals surface area contributed by atoms with Crippen LogP contribution < -0.4 is 0 Å². The van der Waals surface area contributed by atoms with Gasteiger partial charge in [0.05, 0.1) is 6.10 Å². The Labute approximate surface area is 63.2 Å². The summed E-state index contributed by atoms with van der Waals surface area (Å²) in [4.78, 5) is 2.29. The zero-order valence-electron chi connectivity index (χ0n) is 7.13. The van der Waals surface area contributed by atoms with Crippen LogP contribution in [0.1, 0.15) is 19.8 Å². The first-order valence-electron chi connectivity index (χ1n) is 3.98. The van der Waals surface area contributed by atoms with Gasteiger partial charge in [0, 0.05) is 12.6 Å². The van der Waals surface area contributed by atoms with Crippen LogP contribution in [0.3, 0.4) is 0 Å². The van der Waals surface area contributed by atoms with Crippen LogP contribution in [-0.2, 0) is 4.74 Å². The highest BCUT2D eigenvalue weighted by molar-refractivity contribution is 4.73. The molecule has 1 aliphatic rings. The van der Waals surface area contributed by atoms with E-state index < -0.39 is 0 Å². The molecule has 1 unspecified atom stereocenters. The Kier molecular flexibility index (Phi) is 2.69. The molecule has 1 heterocycles. The van der Waals surface area contributed by atoms with Crippen molar-refractivity contribution in [2.24, 2.45) is 0 Å². The van der Waals surface area contributed by atoms with Crippen molar-refractivity contribution in [1.82, 2.24) is 4.90 Å². The molecule has 0 radical (unpaired) electrons. The Morgan fingerprint density at radius 1 is 1.40 bits per heavy atom. The van der Waals surface area contributed by atoms with Gasteiger partial charge in [-0.2, -0.15) is 0 Å². The quantitative estimate of drug-likeness (QED) is 0.545. The fraction of sp³-hybridized carbons (Fsp3) is 1.00. The minimum atomic E-state index is 0.459. The first-order valence-corrected chi connectivity index (χ1v) is 3.98. The Hall–Kier alpha value is -0.0800. The molecule has 0 amide bonds. The van der Waals surface area contributed by atoms with Gasteiger partial charge in [-0.25, -0.2) is 0 Å². The van der Waals surface area contributed by atoms with E-state index in [-0.39, 0.29) is 0 Å². The van der Waals surface area contributed by atoms with E-state index in [0.29, 0.717) is 6.10 Å². The highest BCUT2D eigenvalue weighted by atomic mass is 16.5. The average molecular weight is 143 g/mol. The van der Waals surface area contributed by atoms with Crippen LogP contribution in [0.2, 0.25) is 0 Å². The molecule has 0 aromatic rings. The van der Waals surface area contributed by atoms with Gasteiger partial charge < -0.3 is 9.64 Å². The summed E-state index contributed by atoms with van der Waals surface area (Å²) in [5, 5.41) is 0. The van der Waals surface area contributed by atoms with E-state index in [4.69, 9.17) is 4.74 Å². The first kappa shape index (κ1) is 8.02. The minimum absolute atomic E-state index is 0.459.